The maximum Gasteiger partial charge on any atom is 0.250 e. The zero-order valence-corrected chi connectivity index (χ0v) is 15.9. The second-order valence-corrected chi connectivity index (χ2v) is 8.61. The van der Waals surface area contributed by atoms with Crippen molar-refractivity contribution in [2.24, 2.45) is 5.10 Å². The lowest BCUT2D eigenvalue weighted by Crippen LogP contribution is -2.19. The number of thioether (sulfide) groups is 1. The summed E-state index contributed by atoms with van der Waals surface area (Å²) in [6, 6.07) is 10.6. The molecule has 0 radical (unpaired) electrons. The Kier molecular flexibility index (Phi) is 5.36. The predicted molar refractivity (Wildman–Crippen MR) is 108 cm³/mol. The Bertz CT molecular complexity index is 891. The van der Waals surface area contributed by atoms with Crippen LogP contribution in [0.4, 0.5) is 0 Å². The number of aromatic nitrogens is 2. The number of nitrogens with zero attached hydrogens (tertiary/aromatic N) is 3. The number of amides is 1. The zero-order valence-electron chi connectivity index (χ0n) is 14.3. The zero-order chi connectivity index (χ0) is 17.8. The molecular weight excluding hydrogens is 364 g/mol. The number of fused-ring (bicyclic) bond motifs is 1. The van der Waals surface area contributed by atoms with Gasteiger partial charge in [-0.15, -0.1) is 11.3 Å². The fourth-order valence-corrected chi connectivity index (χ4v) is 5.05. The second kappa shape index (κ2) is 8.05. The first-order valence-corrected chi connectivity index (χ1v) is 10.6. The minimum atomic E-state index is -0.124. The summed E-state index contributed by atoms with van der Waals surface area (Å²) in [5, 5.41) is 4.07. The number of hydrazone groups is 1. The van der Waals surface area contributed by atoms with E-state index in [0.717, 1.165) is 20.1 Å². The summed E-state index contributed by atoms with van der Waals surface area (Å²) >= 11 is 3.04. The van der Waals surface area contributed by atoms with Crippen molar-refractivity contribution in [1.82, 2.24) is 15.0 Å². The Morgan fingerprint density at radius 1 is 1.35 bits per heavy atom. The van der Waals surface area contributed by atoms with Crippen LogP contribution in [-0.2, 0) is 4.79 Å². The van der Waals surface area contributed by atoms with E-state index in [4.69, 9.17) is 0 Å². The maximum atomic E-state index is 12.0. The van der Waals surface area contributed by atoms with Gasteiger partial charge in [-0.3, -0.25) is 4.79 Å². The molecule has 0 bridgehead atoms. The minimum Gasteiger partial charge on any atom is -0.351 e. The number of benzene rings is 1. The molecular formula is C19H20N4OS2. The normalized spacial score (nSPS) is 15.2. The standard InChI is InChI=1S/C19H20N4OS2/c24-18(13-25-19-21-16-7-3-4-8-17(16)26-19)22-20-11-14-9-10-23(12-14)15-5-1-2-6-15/h3-4,7-12,15H,1-2,5-6,13H2,(H,22,24)/b20-11+. The first kappa shape index (κ1) is 17.3. The van der Waals surface area contributed by atoms with Gasteiger partial charge in [0.15, 0.2) is 4.34 Å². The summed E-state index contributed by atoms with van der Waals surface area (Å²) < 4.78 is 4.30. The largest absolute Gasteiger partial charge is 0.351 e. The summed E-state index contributed by atoms with van der Waals surface area (Å²) in [6.45, 7) is 0. The molecule has 134 valence electrons. The Balaban J connectivity index is 1.26. The van der Waals surface area contributed by atoms with Crippen molar-refractivity contribution in [3.05, 3.63) is 48.3 Å². The Morgan fingerprint density at radius 2 is 2.19 bits per heavy atom. The molecule has 0 aliphatic heterocycles. The average Bonchev–Trinajstić information content (AvgIpc) is 3.38. The molecule has 0 atom stereocenters. The number of hydrogen-bond donors (Lipinski definition) is 1. The highest BCUT2D eigenvalue weighted by atomic mass is 32.2. The molecule has 1 N–H and O–H groups in total. The molecule has 0 unspecified atom stereocenters. The molecule has 26 heavy (non-hydrogen) atoms. The van der Waals surface area contributed by atoms with Gasteiger partial charge in [0.1, 0.15) is 0 Å². The molecule has 2 aromatic heterocycles. The summed E-state index contributed by atoms with van der Waals surface area (Å²) in [5.41, 5.74) is 4.58. The molecule has 4 rings (SSSR count). The van der Waals surface area contributed by atoms with Crippen molar-refractivity contribution in [3.8, 4) is 0 Å². The Morgan fingerprint density at radius 3 is 3.04 bits per heavy atom. The quantitative estimate of drug-likeness (QED) is 0.388. The van der Waals surface area contributed by atoms with Crippen molar-refractivity contribution in [1.29, 1.82) is 0 Å². The van der Waals surface area contributed by atoms with Crippen molar-refractivity contribution >= 4 is 45.4 Å². The van der Waals surface area contributed by atoms with Gasteiger partial charge in [-0.05, 0) is 31.0 Å². The first-order chi connectivity index (χ1) is 12.8. The summed E-state index contributed by atoms with van der Waals surface area (Å²) in [5.74, 6) is 0.181. The Labute approximate surface area is 160 Å². The number of carbonyl (C=O) groups excluding carboxylic acids is 1. The van der Waals surface area contributed by atoms with Crippen LogP contribution in [0.3, 0.4) is 0 Å². The number of hydrogen-bond acceptors (Lipinski definition) is 5. The number of thiazole rings is 1. The van der Waals surface area contributed by atoms with Gasteiger partial charge in [0.05, 0.1) is 22.2 Å². The molecule has 1 saturated carbocycles. The lowest BCUT2D eigenvalue weighted by Gasteiger charge is -2.10. The van der Waals surface area contributed by atoms with Crippen molar-refractivity contribution < 1.29 is 4.79 Å². The van der Waals surface area contributed by atoms with Crippen LogP contribution >= 0.6 is 23.1 Å². The summed E-state index contributed by atoms with van der Waals surface area (Å²) in [6.07, 6.45) is 11.0. The van der Waals surface area contributed by atoms with E-state index in [2.05, 4.69) is 32.5 Å². The minimum absolute atomic E-state index is 0.124. The molecule has 1 aliphatic carbocycles. The predicted octanol–water partition coefficient (Wildman–Crippen LogP) is 4.46. The van der Waals surface area contributed by atoms with Crippen LogP contribution in [0, 0.1) is 0 Å². The number of carbonyl (C=O) groups is 1. The third-order valence-corrected chi connectivity index (χ3v) is 6.67. The van der Waals surface area contributed by atoms with Crippen LogP contribution in [0.15, 0.2) is 52.2 Å². The van der Waals surface area contributed by atoms with Gasteiger partial charge in [0.2, 0.25) is 0 Å². The van der Waals surface area contributed by atoms with Crippen LogP contribution < -0.4 is 5.43 Å². The molecule has 3 aromatic rings. The molecule has 0 spiro atoms. The molecule has 1 amide bonds. The van der Waals surface area contributed by atoms with Gasteiger partial charge in [0, 0.05) is 24.0 Å². The highest BCUT2D eigenvalue weighted by Crippen LogP contribution is 2.30. The first-order valence-electron chi connectivity index (χ1n) is 8.76. The van der Waals surface area contributed by atoms with Crippen LogP contribution in [-0.4, -0.2) is 27.4 Å². The van der Waals surface area contributed by atoms with Gasteiger partial charge in [-0.2, -0.15) is 5.10 Å². The molecule has 2 heterocycles. The lowest BCUT2D eigenvalue weighted by atomic mass is 10.2. The van der Waals surface area contributed by atoms with E-state index in [9.17, 15) is 4.79 Å². The van der Waals surface area contributed by atoms with Crippen molar-refractivity contribution in [2.75, 3.05) is 5.75 Å². The smallest absolute Gasteiger partial charge is 0.250 e. The van der Waals surface area contributed by atoms with Crippen LogP contribution in [0.5, 0.6) is 0 Å². The van der Waals surface area contributed by atoms with Crippen LogP contribution in [0.1, 0.15) is 37.3 Å². The monoisotopic (exact) mass is 384 g/mol. The number of rotatable bonds is 6. The van der Waals surface area contributed by atoms with Gasteiger partial charge >= 0.3 is 0 Å². The number of para-hydroxylation sites is 1. The van der Waals surface area contributed by atoms with E-state index in [1.54, 1.807) is 17.6 Å². The third kappa shape index (κ3) is 4.16. The van der Waals surface area contributed by atoms with E-state index < -0.39 is 0 Å². The van der Waals surface area contributed by atoms with Crippen molar-refractivity contribution in [2.45, 2.75) is 36.1 Å². The molecule has 5 nitrogen and oxygen atoms in total. The fourth-order valence-electron chi connectivity index (χ4n) is 3.19. The lowest BCUT2D eigenvalue weighted by molar-refractivity contribution is -0.118. The van der Waals surface area contributed by atoms with Crippen LogP contribution in [0.2, 0.25) is 0 Å². The number of nitrogens with one attached hydrogen (secondary N) is 1. The molecule has 1 fully saturated rings. The third-order valence-electron chi connectivity index (χ3n) is 4.49. The molecule has 7 heteroatoms. The van der Waals surface area contributed by atoms with Gasteiger partial charge in [-0.1, -0.05) is 36.7 Å². The maximum absolute atomic E-state index is 12.0. The summed E-state index contributed by atoms with van der Waals surface area (Å²) in [7, 11) is 0. The second-order valence-electron chi connectivity index (χ2n) is 6.36. The molecule has 0 saturated heterocycles. The molecule has 1 aliphatic rings. The SMILES string of the molecule is O=C(CSc1nc2ccccc2s1)N/N=C/c1ccn(C2CCCC2)c1. The summed E-state index contributed by atoms with van der Waals surface area (Å²) in [4.78, 5) is 16.5. The highest BCUT2D eigenvalue weighted by molar-refractivity contribution is 8.01. The van der Waals surface area contributed by atoms with E-state index in [1.807, 2.05) is 30.3 Å². The van der Waals surface area contributed by atoms with E-state index in [1.165, 1.54) is 37.4 Å². The van der Waals surface area contributed by atoms with Gasteiger partial charge in [-0.25, -0.2) is 10.4 Å². The highest BCUT2D eigenvalue weighted by Gasteiger charge is 2.15. The fraction of sp³-hybridized carbons (Fsp3) is 0.316. The van der Waals surface area contributed by atoms with E-state index in [0.29, 0.717) is 11.8 Å². The Hall–Kier alpha value is -2.12. The average molecular weight is 385 g/mol. The van der Waals surface area contributed by atoms with Gasteiger partial charge in [0.25, 0.3) is 5.91 Å². The topological polar surface area (TPSA) is 59.3 Å². The van der Waals surface area contributed by atoms with Gasteiger partial charge < -0.3 is 4.57 Å². The van der Waals surface area contributed by atoms with Crippen molar-refractivity contribution in [3.63, 3.8) is 0 Å². The van der Waals surface area contributed by atoms with Crippen LogP contribution in [0.25, 0.3) is 10.2 Å². The van der Waals surface area contributed by atoms with E-state index in [-0.39, 0.29) is 5.91 Å². The van der Waals surface area contributed by atoms with E-state index >= 15 is 0 Å². The molecule has 1 aromatic carbocycles.